The minimum Gasteiger partial charge on any atom is -0.409 e. The van der Waals surface area contributed by atoms with Crippen LogP contribution in [0, 0.1) is 11.2 Å². The van der Waals surface area contributed by atoms with Crippen molar-refractivity contribution >= 4 is 27.5 Å². The van der Waals surface area contributed by atoms with Gasteiger partial charge in [-0.2, -0.15) is 0 Å². The number of amidine groups is 1. The summed E-state index contributed by atoms with van der Waals surface area (Å²) in [6.45, 7) is 4.55. The third kappa shape index (κ3) is 5.00. The quantitative estimate of drug-likeness (QED) is 0.230. The van der Waals surface area contributed by atoms with Gasteiger partial charge in [-0.05, 0) is 31.0 Å². The molecule has 0 saturated heterocycles. The monoisotopic (exact) mass is 345 g/mol. The molecule has 0 aliphatic rings. The number of nitrogens with two attached hydrogens (primary N) is 1. The van der Waals surface area contributed by atoms with E-state index in [-0.39, 0.29) is 17.1 Å². The van der Waals surface area contributed by atoms with Gasteiger partial charge in [0.25, 0.3) is 0 Å². The number of benzene rings is 1. The molecule has 1 aromatic carbocycles. The molecule has 0 aliphatic carbocycles. The summed E-state index contributed by atoms with van der Waals surface area (Å²) in [7, 11) is 0. The Kier molecular flexibility index (Phi) is 6.26. The Morgan fingerprint density at radius 2 is 2.15 bits per heavy atom. The van der Waals surface area contributed by atoms with Gasteiger partial charge in [-0.15, -0.1) is 0 Å². The third-order valence-electron chi connectivity index (χ3n) is 3.28. The van der Waals surface area contributed by atoms with E-state index in [4.69, 9.17) is 10.9 Å². The summed E-state index contributed by atoms with van der Waals surface area (Å²) >= 11 is 3.22. The molecule has 0 saturated carbocycles. The second-order valence-electron chi connectivity index (χ2n) is 5.38. The molecule has 0 aliphatic heterocycles. The fourth-order valence-corrected chi connectivity index (χ4v) is 2.14. The lowest BCUT2D eigenvalue weighted by Gasteiger charge is -2.22. The number of halogens is 2. The topological polar surface area (TPSA) is 70.6 Å². The molecule has 0 aromatic heterocycles. The van der Waals surface area contributed by atoms with Crippen molar-refractivity contribution in [1.29, 1.82) is 0 Å². The zero-order valence-electron chi connectivity index (χ0n) is 11.8. The van der Waals surface area contributed by atoms with E-state index in [0.29, 0.717) is 12.2 Å². The zero-order valence-corrected chi connectivity index (χ0v) is 13.4. The van der Waals surface area contributed by atoms with Gasteiger partial charge in [0.15, 0.2) is 0 Å². The molecule has 0 unspecified atom stereocenters. The summed E-state index contributed by atoms with van der Waals surface area (Å²) in [5, 5.41) is 14.8. The molecular weight excluding hydrogens is 325 g/mol. The first kappa shape index (κ1) is 16.8. The van der Waals surface area contributed by atoms with Crippen molar-refractivity contribution in [3.63, 3.8) is 0 Å². The van der Waals surface area contributed by atoms with Crippen LogP contribution in [0.3, 0.4) is 0 Å². The Morgan fingerprint density at radius 1 is 1.45 bits per heavy atom. The first-order valence-corrected chi connectivity index (χ1v) is 7.33. The Labute approximate surface area is 127 Å². The largest absolute Gasteiger partial charge is 0.409 e. The van der Waals surface area contributed by atoms with Gasteiger partial charge >= 0.3 is 0 Å². The van der Waals surface area contributed by atoms with E-state index in [9.17, 15) is 4.39 Å². The van der Waals surface area contributed by atoms with E-state index >= 15 is 0 Å². The van der Waals surface area contributed by atoms with E-state index in [1.807, 2.05) is 13.8 Å². The van der Waals surface area contributed by atoms with Crippen LogP contribution in [0.4, 0.5) is 10.1 Å². The molecule has 4 nitrogen and oxygen atoms in total. The molecule has 4 N–H and O–H groups in total. The van der Waals surface area contributed by atoms with Crippen molar-refractivity contribution in [3.8, 4) is 0 Å². The summed E-state index contributed by atoms with van der Waals surface area (Å²) in [4.78, 5) is 0. The minimum atomic E-state index is -0.322. The van der Waals surface area contributed by atoms with Gasteiger partial charge in [0, 0.05) is 16.4 Å². The molecule has 0 bridgehead atoms. The second-order valence-corrected chi connectivity index (χ2v) is 6.29. The van der Waals surface area contributed by atoms with E-state index in [1.54, 1.807) is 12.1 Å². The van der Waals surface area contributed by atoms with Crippen LogP contribution >= 0.6 is 15.9 Å². The predicted octanol–water partition coefficient (Wildman–Crippen LogP) is 3.94. The molecule has 112 valence electrons. The molecule has 1 rings (SSSR count). The molecule has 0 fully saturated rings. The van der Waals surface area contributed by atoms with E-state index < -0.39 is 0 Å². The Morgan fingerprint density at radius 3 is 2.75 bits per heavy atom. The van der Waals surface area contributed by atoms with Crippen molar-refractivity contribution in [2.75, 3.05) is 11.9 Å². The van der Waals surface area contributed by atoms with Crippen LogP contribution in [0.15, 0.2) is 27.8 Å². The summed E-state index contributed by atoms with van der Waals surface area (Å²) in [5.41, 5.74) is 5.80. The van der Waals surface area contributed by atoms with Gasteiger partial charge < -0.3 is 16.3 Å². The maximum Gasteiger partial charge on any atom is 0.147 e. The molecule has 0 radical (unpaired) electrons. The summed E-state index contributed by atoms with van der Waals surface area (Å²) in [5.74, 6) is -0.0271. The summed E-state index contributed by atoms with van der Waals surface area (Å²) < 4.78 is 14.3. The van der Waals surface area contributed by atoms with Crippen LogP contribution < -0.4 is 11.1 Å². The number of hydrogen-bond donors (Lipinski definition) is 3. The van der Waals surface area contributed by atoms with Gasteiger partial charge in [-0.3, -0.25) is 0 Å². The maximum absolute atomic E-state index is 13.5. The van der Waals surface area contributed by atoms with E-state index in [1.165, 1.54) is 6.07 Å². The van der Waals surface area contributed by atoms with Crippen molar-refractivity contribution < 1.29 is 9.60 Å². The summed E-state index contributed by atoms with van der Waals surface area (Å²) in [6, 6.07) is 4.94. The van der Waals surface area contributed by atoms with Gasteiger partial charge in [-0.1, -0.05) is 41.4 Å². The number of unbranched alkanes of at least 4 members (excludes halogenated alkanes) is 1. The molecule has 0 heterocycles. The highest BCUT2D eigenvalue weighted by Crippen LogP contribution is 2.24. The van der Waals surface area contributed by atoms with Crippen molar-refractivity contribution in [2.24, 2.45) is 16.3 Å². The molecule has 0 spiro atoms. The highest BCUT2D eigenvalue weighted by atomic mass is 79.9. The van der Waals surface area contributed by atoms with Crippen LogP contribution in [0.1, 0.15) is 33.1 Å². The lowest BCUT2D eigenvalue weighted by Crippen LogP contribution is -2.31. The SMILES string of the molecule is CC(C)(CCCCNc1ccc(Br)cc1F)/C(N)=N/O. The van der Waals surface area contributed by atoms with Crippen LogP contribution in [0.5, 0.6) is 0 Å². The number of nitrogens with one attached hydrogen (secondary N) is 1. The maximum atomic E-state index is 13.5. The number of hydrogen-bond acceptors (Lipinski definition) is 3. The van der Waals surface area contributed by atoms with Crippen LogP contribution in [-0.2, 0) is 0 Å². The molecule has 6 heteroatoms. The minimum absolute atomic E-state index is 0.240. The van der Waals surface area contributed by atoms with Gasteiger partial charge in [0.1, 0.15) is 11.7 Å². The van der Waals surface area contributed by atoms with Crippen LogP contribution in [0.25, 0.3) is 0 Å². The molecule has 20 heavy (non-hydrogen) atoms. The normalized spacial score (nSPS) is 12.5. The summed E-state index contributed by atoms with van der Waals surface area (Å²) in [6.07, 6.45) is 2.61. The number of nitrogens with zero attached hydrogens (tertiary/aromatic N) is 1. The molecule has 1 aromatic rings. The van der Waals surface area contributed by atoms with E-state index in [0.717, 1.165) is 23.7 Å². The number of oxime groups is 1. The predicted molar refractivity (Wildman–Crippen MR) is 83.6 cm³/mol. The highest BCUT2D eigenvalue weighted by Gasteiger charge is 2.22. The van der Waals surface area contributed by atoms with Crippen LogP contribution in [-0.4, -0.2) is 17.6 Å². The van der Waals surface area contributed by atoms with Crippen molar-refractivity contribution in [2.45, 2.75) is 33.1 Å². The Hall–Kier alpha value is -1.30. The van der Waals surface area contributed by atoms with Crippen LogP contribution in [0.2, 0.25) is 0 Å². The number of rotatable bonds is 7. The number of anilines is 1. The molecule has 0 atom stereocenters. The molecular formula is C14H21BrFN3O. The first-order valence-electron chi connectivity index (χ1n) is 6.54. The second kappa shape index (κ2) is 7.47. The lowest BCUT2D eigenvalue weighted by molar-refractivity contribution is 0.304. The van der Waals surface area contributed by atoms with Gasteiger partial charge in [0.2, 0.25) is 0 Å². The van der Waals surface area contributed by atoms with E-state index in [2.05, 4.69) is 26.4 Å². The first-order chi connectivity index (χ1) is 9.36. The Balaban J connectivity index is 2.32. The van der Waals surface area contributed by atoms with Crippen molar-refractivity contribution in [3.05, 3.63) is 28.5 Å². The Bertz CT molecular complexity index is 477. The van der Waals surface area contributed by atoms with Gasteiger partial charge in [0.05, 0.1) is 5.69 Å². The lowest BCUT2D eigenvalue weighted by atomic mass is 9.86. The standard InChI is InChI=1S/C14H21BrFN3O/c1-14(2,13(17)19-20)7-3-4-8-18-12-6-5-10(15)9-11(12)16/h5-6,9,18,20H,3-4,7-8H2,1-2H3,(H2,17,19). The third-order valence-corrected chi connectivity index (χ3v) is 3.77. The molecule has 0 amide bonds. The zero-order chi connectivity index (χ0) is 15.2. The average Bonchev–Trinajstić information content (AvgIpc) is 2.39. The fourth-order valence-electron chi connectivity index (χ4n) is 1.81. The fraction of sp³-hybridized carbons (Fsp3) is 0.500. The van der Waals surface area contributed by atoms with Crippen molar-refractivity contribution in [1.82, 2.24) is 0 Å². The average molecular weight is 346 g/mol. The van der Waals surface area contributed by atoms with Gasteiger partial charge in [-0.25, -0.2) is 4.39 Å². The highest BCUT2D eigenvalue weighted by molar-refractivity contribution is 9.10. The smallest absolute Gasteiger partial charge is 0.147 e.